The number of unbranched alkanes of at least 4 members (excludes halogenated alkanes) is 1. The summed E-state index contributed by atoms with van der Waals surface area (Å²) in [6.07, 6.45) is 5.48. The van der Waals surface area contributed by atoms with Gasteiger partial charge in [-0.05, 0) is 6.42 Å². The van der Waals surface area contributed by atoms with E-state index in [-0.39, 0.29) is 5.78 Å². The molecule has 1 unspecified atom stereocenters. The van der Waals surface area contributed by atoms with E-state index < -0.39 is 11.9 Å². The molecule has 0 spiro atoms. The SMILES string of the molecule is CCCCC(C(=O)OC)C(=O)c1nccn1C. The van der Waals surface area contributed by atoms with Crippen LogP contribution in [-0.4, -0.2) is 28.4 Å². The van der Waals surface area contributed by atoms with Crippen LogP contribution >= 0.6 is 0 Å². The number of hydrogen-bond donors (Lipinski definition) is 0. The molecule has 94 valence electrons. The lowest BCUT2D eigenvalue weighted by molar-refractivity contribution is -0.143. The summed E-state index contributed by atoms with van der Waals surface area (Å²) in [4.78, 5) is 27.7. The van der Waals surface area contributed by atoms with Crippen LogP contribution in [0.15, 0.2) is 12.4 Å². The Labute approximate surface area is 101 Å². The first-order valence-electron chi connectivity index (χ1n) is 5.71. The van der Waals surface area contributed by atoms with Crippen molar-refractivity contribution in [1.82, 2.24) is 9.55 Å². The van der Waals surface area contributed by atoms with Gasteiger partial charge in [0.2, 0.25) is 5.78 Å². The van der Waals surface area contributed by atoms with Crippen molar-refractivity contribution in [3.8, 4) is 0 Å². The van der Waals surface area contributed by atoms with Gasteiger partial charge in [-0.15, -0.1) is 0 Å². The first-order chi connectivity index (χ1) is 8.11. The third-order valence-corrected chi connectivity index (χ3v) is 2.69. The molecule has 0 radical (unpaired) electrons. The summed E-state index contributed by atoms with van der Waals surface area (Å²) in [5, 5.41) is 0. The van der Waals surface area contributed by atoms with Gasteiger partial charge in [-0.1, -0.05) is 19.8 Å². The van der Waals surface area contributed by atoms with Crippen molar-refractivity contribution in [2.45, 2.75) is 26.2 Å². The van der Waals surface area contributed by atoms with Gasteiger partial charge in [0.05, 0.1) is 7.11 Å². The van der Waals surface area contributed by atoms with E-state index in [1.165, 1.54) is 7.11 Å². The average Bonchev–Trinajstić information content (AvgIpc) is 2.75. The number of rotatable bonds is 6. The Kier molecular flexibility index (Phi) is 4.87. The lowest BCUT2D eigenvalue weighted by atomic mass is 9.97. The van der Waals surface area contributed by atoms with Crippen LogP contribution < -0.4 is 0 Å². The van der Waals surface area contributed by atoms with E-state index in [4.69, 9.17) is 0 Å². The highest BCUT2D eigenvalue weighted by Crippen LogP contribution is 2.16. The van der Waals surface area contributed by atoms with Gasteiger partial charge in [0, 0.05) is 19.4 Å². The second kappa shape index (κ2) is 6.18. The van der Waals surface area contributed by atoms with Crippen molar-refractivity contribution >= 4 is 11.8 Å². The smallest absolute Gasteiger partial charge is 0.316 e. The van der Waals surface area contributed by atoms with Crippen molar-refractivity contribution in [2.24, 2.45) is 13.0 Å². The minimum absolute atomic E-state index is 0.266. The van der Waals surface area contributed by atoms with Crippen molar-refractivity contribution in [3.05, 3.63) is 18.2 Å². The molecule has 5 nitrogen and oxygen atoms in total. The fraction of sp³-hybridized carbons (Fsp3) is 0.583. The second-order valence-corrected chi connectivity index (χ2v) is 3.94. The Bertz CT molecular complexity index is 398. The van der Waals surface area contributed by atoms with E-state index >= 15 is 0 Å². The topological polar surface area (TPSA) is 61.2 Å². The molecule has 17 heavy (non-hydrogen) atoms. The van der Waals surface area contributed by atoms with E-state index in [9.17, 15) is 9.59 Å². The molecular weight excluding hydrogens is 220 g/mol. The number of carbonyl (C=O) groups excluding carboxylic acids is 2. The monoisotopic (exact) mass is 238 g/mol. The third-order valence-electron chi connectivity index (χ3n) is 2.69. The summed E-state index contributed by atoms with van der Waals surface area (Å²) >= 11 is 0. The molecule has 0 saturated carbocycles. The average molecular weight is 238 g/mol. The minimum atomic E-state index is -0.735. The minimum Gasteiger partial charge on any atom is -0.468 e. The molecule has 1 aromatic rings. The van der Waals surface area contributed by atoms with E-state index in [0.29, 0.717) is 12.2 Å². The molecule has 0 aliphatic carbocycles. The lowest BCUT2D eigenvalue weighted by Crippen LogP contribution is -2.27. The molecule has 0 bridgehead atoms. The summed E-state index contributed by atoms with van der Waals surface area (Å²) in [7, 11) is 3.03. The van der Waals surface area contributed by atoms with Gasteiger partial charge in [0.15, 0.2) is 5.82 Å². The number of nitrogens with zero attached hydrogens (tertiary/aromatic N) is 2. The third kappa shape index (κ3) is 3.15. The highest BCUT2D eigenvalue weighted by atomic mass is 16.5. The van der Waals surface area contributed by atoms with Gasteiger partial charge in [-0.3, -0.25) is 9.59 Å². The Hall–Kier alpha value is -1.65. The van der Waals surface area contributed by atoms with Crippen LogP contribution in [0.25, 0.3) is 0 Å². The predicted octanol–water partition coefficient (Wildman–Crippen LogP) is 1.58. The quantitative estimate of drug-likeness (QED) is 0.429. The van der Waals surface area contributed by atoms with Gasteiger partial charge in [-0.2, -0.15) is 0 Å². The van der Waals surface area contributed by atoms with Crippen molar-refractivity contribution < 1.29 is 14.3 Å². The molecule has 0 aliphatic rings. The number of aryl methyl sites for hydroxylation is 1. The fourth-order valence-electron chi connectivity index (χ4n) is 1.67. The molecule has 1 heterocycles. The zero-order chi connectivity index (χ0) is 12.8. The number of methoxy groups -OCH3 is 1. The summed E-state index contributed by atoms with van der Waals surface area (Å²) in [5.41, 5.74) is 0. The molecule has 0 saturated heterocycles. The number of esters is 1. The van der Waals surface area contributed by atoms with Crippen LogP contribution in [0.3, 0.4) is 0 Å². The van der Waals surface area contributed by atoms with Crippen LogP contribution in [0.4, 0.5) is 0 Å². The molecule has 1 rings (SSSR count). The lowest BCUT2D eigenvalue weighted by Gasteiger charge is -2.12. The first-order valence-corrected chi connectivity index (χ1v) is 5.71. The standard InChI is InChI=1S/C12H18N2O3/c1-4-5-6-9(12(16)17-3)10(15)11-13-7-8-14(11)2/h7-9H,4-6H2,1-3H3. The number of carbonyl (C=O) groups is 2. The maximum absolute atomic E-state index is 12.1. The molecule has 0 aliphatic heterocycles. The van der Waals surface area contributed by atoms with Crippen LogP contribution in [0.2, 0.25) is 0 Å². The van der Waals surface area contributed by atoms with Crippen LogP contribution in [0.5, 0.6) is 0 Å². The van der Waals surface area contributed by atoms with Gasteiger partial charge < -0.3 is 9.30 Å². The number of ether oxygens (including phenoxy) is 1. The molecule has 0 N–H and O–H groups in total. The molecule has 0 fully saturated rings. The van der Waals surface area contributed by atoms with E-state index in [2.05, 4.69) is 9.72 Å². The fourth-order valence-corrected chi connectivity index (χ4v) is 1.67. The number of hydrogen-bond acceptors (Lipinski definition) is 4. The Morgan fingerprint density at radius 2 is 2.24 bits per heavy atom. The Morgan fingerprint density at radius 3 is 2.71 bits per heavy atom. The second-order valence-electron chi connectivity index (χ2n) is 3.94. The highest BCUT2D eigenvalue weighted by Gasteiger charge is 2.30. The van der Waals surface area contributed by atoms with Crippen molar-refractivity contribution in [3.63, 3.8) is 0 Å². The van der Waals surface area contributed by atoms with E-state index in [0.717, 1.165) is 12.8 Å². The van der Waals surface area contributed by atoms with Crippen molar-refractivity contribution in [2.75, 3.05) is 7.11 Å². The van der Waals surface area contributed by atoms with Crippen molar-refractivity contribution in [1.29, 1.82) is 0 Å². The van der Waals surface area contributed by atoms with Crippen LogP contribution in [0.1, 0.15) is 36.8 Å². The maximum atomic E-state index is 12.1. The summed E-state index contributed by atoms with van der Waals surface area (Å²) < 4.78 is 6.29. The molecule has 0 amide bonds. The van der Waals surface area contributed by atoms with Crippen LogP contribution in [-0.2, 0) is 16.6 Å². The normalized spacial score (nSPS) is 12.2. The largest absolute Gasteiger partial charge is 0.468 e. The summed E-state index contributed by atoms with van der Waals surface area (Å²) in [5.74, 6) is -1.18. The predicted molar refractivity (Wildman–Crippen MR) is 62.6 cm³/mol. The van der Waals surface area contributed by atoms with Crippen LogP contribution in [0, 0.1) is 5.92 Å². The van der Waals surface area contributed by atoms with E-state index in [1.807, 2.05) is 6.92 Å². The first kappa shape index (κ1) is 13.4. The Balaban J connectivity index is 2.86. The van der Waals surface area contributed by atoms with Gasteiger partial charge in [-0.25, -0.2) is 4.98 Å². The summed E-state index contributed by atoms with van der Waals surface area (Å²) in [6, 6.07) is 0. The molecule has 0 aromatic carbocycles. The molecule has 5 heteroatoms. The van der Waals surface area contributed by atoms with Gasteiger partial charge >= 0.3 is 5.97 Å². The number of aromatic nitrogens is 2. The van der Waals surface area contributed by atoms with E-state index in [1.54, 1.807) is 24.0 Å². The number of ketones is 1. The number of Topliss-reactive ketones (excluding diaryl/α,β-unsaturated/α-hetero) is 1. The van der Waals surface area contributed by atoms with Gasteiger partial charge in [0.25, 0.3) is 0 Å². The summed E-state index contributed by atoms with van der Waals surface area (Å²) in [6.45, 7) is 2.01. The Morgan fingerprint density at radius 1 is 1.53 bits per heavy atom. The highest BCUT2D eigenvalue weighted by molar-refractivity contribution is 6.06. The molecule has 1 atom stereocenters. The number of imidazole rings is 1. The maximum Gasteiger partial charge on any atom is 0.316 e. The zero-order valence-corrected chi connectivity index (χ0v) is 10.5. The van der Waals surface area contributed by atoms with Gasteiger partial charge in [0.1, 0.15) is 5.92 Å². The molecule has 1 aromatic heterocycles. The zero-order valence-electron chi connectivity index (χ0n) is 10.5. The molecular formula is C12H18N2O3.